The van der Waals surface area contributed by atoms with Gasteiger partial charge in [-0.05, 0) is 67.1 Å². The summed E-state index contributed by atoms with van der Waals surface area (Å²) in [4.78, 5) is 6.91. The van der Waals surface area contributed by atoms with Gasteiger partial charge in [-0.2, -0.15) is 4.98 Å². The summed E-state index contributed by atoms with van der Waals surface area (Å²) in [5, 5.41) is 4.04. The number of benzene rings is 2. The van der Waals surface area contributed by atoms with Gasteiger partial charge >= 0.3 is 0 Å². The van der Waals surface area contributed by atoms with Gasteiger partial charge in [0.05, 0.1) is 0 Å². The molecule has 0 N–H and O–H groups in total. The first-order chi connectivity index (χ1) is 13.2. The molecule has 0 bridgehead atoms. The lowest BCUT2D eigenvalue weighted by Crippen LogP contribution is -2.34. The van der Waals surface area contributed by atoms with Crippen LogP contribution in [0.2, 0.25) is 0 Å². The molecule has 0 atom stereocenters. The Balaban J connectivity index is 1.35. The summed E-state index contributed by atoms with van der Waals surface area (Å²) in [5.41, 5.74) is 5.36. The summed E-state index contributed by atoms with van der Waals surface area (Å²) in [7, 11) is 0. The molecular formula is C23H27N3O. The first kappa shape index (κ1) is 17.9. The first-order valence-corrected chi connectivity index (χ1v) is 9.84. The van der Waals surface area contributed by atoms with Crippen molar-refractivity contribution >= 4 is 0 Å². The number of rotatable bonds is 5. The van der Waals surface area contributed by atoms with Crippen molar-refractivity contribution in [1.29, 1.82) is 0 Å². The molecule has 4 nitrogen and oxygen atoms in total. The van der Waals surface area contributed by atoms with E-state index in [2.05, 4.69) is 70.5 Å². The molecule has 2 aromatic carbocycles. The van der Waals surface area contributed by atoms with Gasteiger partial charge in [-0.25, -0.2) is 0 Å². The van der Waals surface area contributed by atoms with E-state index in [1.54, 1.807) is 0 Å². The lowest BCUT2D eigenvalue weighted by molar-refractivity contribution is 0.175. The summed E-state index contributed by atoms with van der Waals surface area (Å²) in [5.74, 6) is 2.18. The smallest absolute Gasteiger partial charge is 0.223 e. The summed E-state index contributed by atoms with van der Waals surface area (Å²) in [6.07, 6.45) is 3.34. The maximum atomic E-state index is 5.09. The van der Waals surface area contributed by atoms with Crippen LogP contribution < -0.4 is 0 Å². The van der Waals surface area contributed by atoms with Crippen LogP contribution in [0.5, 0.6) is 0 Å². The van der Waals surface area contributed by atoms with Crippen LogP contribution in [0.25, 0.3) is 11.1 Å². The molecule has 1 aromatic heterocycles. The van der Waals surface area contributed by atoms with Crippen LogP contribution >= 0.6 is 0 Å². The first-order valence-electron chi connectivity index (χ1n) is 9.84. The van der Waals surface area contributed by atoms with Crippen LogP contribution in [0.1, 0.15) is 35.7 Å². The molecule has 0 spiro atoms. The maximum absolute atomic E-state index is 5.09. The molecule has 4 heteroatoms. The van der Waals surface area contributed by atoms with Gasteiger partial charge in [-0.1, -0.05) is 47.6 Å². The molecule has 2 heterocycles. The van der Waals surface area contributed by atoms with Gasteiger partial charge in [0, 0.05) is 19.9 Å². The fourth-order valence-electron chi connectivity index (χ4n) is 4.02. The van der Waals surface area contributed by atoms with Gasteiger partial charge in [-0.15, -0.1) is 0 Å². The van der Waals surface area contributed by atoms with E-state index in [-0.39, 0.29) is 0 Å². The molecule has 0 unspecified atom stereocenters. The van der Waals surface area contributed by atoms with E-state index in [1.165, 1.54) is 35.1 Å². The molecule has 0 radical (unpaired) electrons. The zero-order valence-electron chi connectivity index (χ0n) is 16.2. The standard InChI is InChI=1S/C23H27N3O/c1-17-6-3-4-9-22(17)21-8-5-7-20(14-21)16-26-12-10-19(11-13-26)15-23-24-18(2)27-25-23/h3-9,14,19H,10-13,15-16H2,1-2H3. The highest BCUT2D eigenvalue weighted by Crippen LogP contribution is 2.26. The fraction of sp³-hybridized carbons (Fsp3) is 0.391. The highest BCUT2D eigenvalue weighted by atomic mass is 16.5. The van der Waals surface area contributed by atoms with Gasteiger partial charge in [0.25, 0.3) is 0 Å². The molecule has 140 valence electrons. The van der Waals surface area contributed by atoms with E-state index < -0.39 is 0 Å². The minimum absolute atomic E-state index is 0.663. The average Bonchev–Trinajstić information content (AvgIpc) is 3.09. The second-order valence-electron chi connectivity index (χ2n) is 7.67. The van der Waals surface area contributed by atoms with Crippen molar-refractivity contribution in [1.82, 2.24) is 15.0 Å². The van der Waals surface area contributed by atoms with E-state index in [9.17, 15) is 0 Å². The number of aromatic nitrogens is 2. The quantitative estimate of drug-likeness (QED) is 0.654. The molecule has 27 heavy (non-hydrogen) atoms. The summed E-state index contributed by atoms with van der Waals surface area (Å²) >= 11 is 0. The monoisotopic (exact) mass is 361 g/mol. The molecule has 3 aromatic rings. The molecular weight excluding hydrogens is 334 g/mol. The van der Waals surface area contributed by atoms with E-state index >= 15 is 0 Å². The van der Waals surface area contributed by atoms with Crippen LogP contribution in [0.15, 0.2) is 53.1 Å². The zero-order valence-corrected chi connectivity index (χ0v) is 16.2. The number of piperidine rings is 1. The normalized spacial score (nSPS) is 15.9. The third kappa shape index (κ3) is 4.45. The molecule has 1 aliphatic heterocycles. The minimum Gasteiger partial charge on any atom is -0.340 e. The highest BCUT2D eigenvalue weighted by molar-refractivity contribution is 5.67. The molecule has 1 fully saturated rings. The molecule has 4 rings (SSSR count). The van der Waals surface area contributed by atoms with Gasteiger partial charge in [0.2, 0.25) is 5.89 Å². The topological polar surface area (TPSA) is 42.2 Å². The van der Waals surface area contributed by atoms with Gasteiger partial charge in [-0.3, -0.25) is 4.90 Å². The van der Waals surface area contributed by atoms with Crippen LogP contribution in [-0.4, -0.2) is 28.1 Å². The number of nitrogens with zero attached hydrogens (tertiary/aromatic N) is 3. The van der Waals surface area contributed by atoms with Gasteiger partial charge in [0.15, 0.2) is 5.82 Å². The van der Waals surface area contributed by atoms with Gasteiger partial charge in [0.1, 0.15) is 0 Å². The van der Waals surface area contributed by atoms with Crippen molar-refractivity contribution < 1.29 is 4.52 Å². The maximum Gasteiger partial charge on any atom is 0.223 e. The predicted molar refractivity (Wildman–Crippen MR) is 107 cm³/mol. The lowest BCUT2D eigenvalue weighted by Gasteiger charge is -2.31. The number of likely N-dealkylation sites (tertiary alicyclic amines) is 1. The molecule has 1 saturated heterocycles. The Morgan fingerprint density at radius 1 is 1.04 bits per heavy atom. The summed E-state index contributed by atoms with van der Waals surface area (Å²) in [6.45, 7) is 7.32. The van der Waals surface area contributed by atoms with Crippen molar-refractivity contribution in [3.05, 3.63) is 71.4 Å². The Hall–Kier alpha value is -2.46. The second kappa shape index (κ2) is 8.05. The minimum atomic E-state index is 0.663. The SMILES string of the molecule is Cc1nc(CC2CCN(Cc3cccc(-c4ccccc4C)c3)CC2)no1. The second-order valence-corrected chi connectivity index (χ2v) is 7.67. The Labute approximate surface area is 161 Å². The number of aryl methyl sites for hydroxylation is 2. The van der Waals surface area contributed by atoms with E-state index in [0.717, 1.165) is 31.9 Å². The molecule has 0 amide bonds. The molecule has 0 aliphatic carbocycles. The third-order valence-electron chi connectivity index (χ3n) is 5.54. The predicted octanol–water partition coefficient (Wildman–Crippen LogP) is 4.81. The Morgan fingerprint density at radius 3 is 2.59 bits per heavy atom. The van der Waals surface area contributed by atoms with E-state index in [1.807, 2.05) is 6.92 Å². The largest absolute Gasteiger partial charge is 0.340 e. The van der Waals surface area contributed by atoms with E-state index in [4.69, 9.17) is 4.52 Å². The van der Waals surface area contributed by atoms with Crippen molar-refractivity contribution in [3.8, 4) is 11.1 Å². The number of hydrogen-bond donors (Lipinski definition) is 0. The van der Waals surface area contributed by atoms with Crippen LogP contribution in [0, 0.1) is 19.8 Å². The Kier molecular flexibility index (Phi) is 5.35. The Bertz CT molecular complexity index is 894. The van der Waals surface area contributed by atoms with Gasteiger partial charge < -0.3 is 4.52 Å². The van der Waals surface area contributed by atoms with Crippen molar-refractivity contribution in [2.24, 2.45) is 5.92 Å². The summed E-state index contributed by atoms with van der Waals surface area (Å²) in [6, 6.07) is 17.6. The van der Waals surface area contributed by atoms with Crippen LogP contribution in [0.4, 0.5) is 0 Å². The highest BCUT2D eigenvalue weighted by Gasteiger charge is 2.21. The summed E-state index contributed by atoms with van der Waals surface area (Å²) < 4.78 is 5.09. The fourth-order valence-corrected chi connectivity index (χ4v) is 4.02. The number of hydrogen-bond acceptors (Lipinski definition) is 4. The van der Waals surface area contributed by atoms with E-state index in [0.29, 0.717) is 11.8 Å². The average molecular weight is 361 g/mol. The van der Waals surface area contributed by atoms with Crippen molar-refractivity contribution in [3.63, 3.8) is 0 Å². The van der Waals surface area contributed by atoms with Crippen LogP contribution in [-0.2, 0) is 13.0 Å². The molecule has 0 saturated carbocycles. The lowest BCUT2D eigenvalue weighted by atomic mass is 9.93. The zero-order chi connectivity index (χ0) is 18.6. The Morgan fingerprint density at radius 2 is 1.85 bits per heavy atom. The third-order valence-corrected chi connectivity index (χ3v) is 5.54. The van der Waals surface area contributed by atoms with Crippen molar-refractivity contribution in [2.45, 2.75) is 39.7 Å². The van der Waals surface area contributed by atoms with Crippen LogP contribution in [0.3, 0.4) is 0 Å². The molecule has 1 aliphatic rings. The van der Waals surface area contributed by atoms with Crippen molar-refractivity contribution in [2.75, 3.05) is 13.1 Å².